The fourth-order valence-electron chi connectivity index (χ4n) is 3.01. The molecule has 0 bridgehead atoms. The lowest BCUT2D eigenvalue weighted by Crippen LogP contribution is -2.25. The van der Waals surface area contributed by atoms with Crippen LogP contribution >= 0.6 is 0 Å². The fraction of sp³-hybridized carbons (Fsp3) is 0.389. The number of hydrogen-bond donors (Lipinski definition) is 1. The van der Waals surface area contributed by atoms with Crippen LogP contribution in [0.4, 0.5) is 0 Å². The number of fused-ring (bicyclic) bond motifs is 1. The molecule has 1 amide bonds. The molecule has 0 spiro atoms. The number of aryl methyl sites for hydroxylation is 3. The Hall–Kier alpha value is -2.43. The third kappa shape index (κ3) is 3.67. The first-order chi connectivity index (χ1) is 11.1. The van der Waals surface area contributed by atoms with Crippen LogP contribution in [0.1, 0.15) is 41.8 Å². The van der Waals surface area contributed by atoms with Crippen molar-refractivity contribution in [2.45, 2.75) is 46.1 Å². The van der Waals surface area contributed by atoms with Gasteiger partial charge in [-0.3, -0.25) is 9.48 Å². The predicted octanol–water partition coefficient (Wildman–Crippen LogP) is 2.75. The highest BCUT2D eigenvalue weighted by Gasteiger charge is 2.14. The number of nitrogens with zero attached hydrogens (tertiary/aromatic N) is 3. The van der Waals surface area contributed by atoms with Gasteiger partial charge in [-0.15, -0.1) is 0 Å². The van der Waals surface area contributed by atoms with Crippen LogP contribution in [0.15, 0.2) is 35.4 Å². The normalized spacial score (nSPS) is 16.0. The van der Waals surface area contributed by atoms with Crippen molar-refractivity contribution in [1.29, 1.82) is 0 Å². The molecule has 2 aromatic rings. The minimum absolute atomic E-state index is 0.148. The average Bonchev–Trinajstić information content (AvgIpc) is 2.74. The van der Waals surface area contributed by atoms with Gasteiger partial charge < -0.3 is 0 Å². The highest BCUT2D eigenvalue weighted by Crippen LogP contribution is 2.20. The fourth-order valence-corrected chi connectivity index (χ4v) is 3.01. The van der Waals surface area contributed by atoms with Crippen molar-refractivity contribution in [2.24, 2.45) is 5.10 Å². The van der Waals surface area contributed by atoms with E-state index in [2.05, 4.69) is 33.8 Å². The van der Waals surface area contributed by atoms with E-state index in [0.717, 1.165) is 48.3 Å². The van der Waals surface area contributed by atoms with Crippen LogP contribution in [0.3, 0.4) is 0 Å². The largest absolute Gasteiger partial charge is 0.271 e. The summed E-state index contributed by atoms with van der Waals surface area (Å²) >= 11 is 0. The summed E-state index contributed by atoms with van der Waals surface area (Å²) in [5.74, 6) is -0.148. The molecule has 0 radical (unpaired) electrons. The highest BCUT2D eigenvalue weighted by atomic mass is 16.2. The Bertz CT molecular complexity index is 745. The molecule has 0 saturated heterocycles. The molecule has 120 valence electrons. The second-order valence-electron chi connectivity index (χ2n) is 6.04. The number of hydrazone groups is 1. The molecule has 1 N–H and O–H groups in total. The molecule has 1 aromatic heterocycles. The maximum Gasteiger partial charge on any atom is 0.261 e. The molecule has 3 rings (SSSR count). The van der Waals surface area contributed by atoms with Crippen LogP contribution in [-0.2, 0) is 17.8 Å². The number of hydrogen-bond acceptors (Lipinski definition) is 3. The zero-order valence-electron chi connectivity index (χ0n) is 13.7. The van der Waals surface area contributed by atoms with E-state index in [1.165, 1.54) is 5.56 Å². The maximum absolute atomic E-state index is 12.1. The van der Waals surface area contributed by atoms with Crippen LogP contribution < -0.4 is 5.43 Å². The summed E-state index contributed by atoms with van der Waals surface area (Å²) in [5.41, 5.74) is 8.04. The van der Waals surface area contributed by atoms with Gasteiger partial charge in [-0.2, -0.15) is 10.2 Å². The number of rotatable bonds is 3. The van der Waals surface area contributed by atoms with Crippen molar-refractivity contribution in [3.8, 4) is 0 Å². The van der Waals surface area contributed by atoms with Crippen molar-refractivity contribution in [3.63, 3.8) is 0 Å². The van der Waals surface area contributed by atoms with Gasteiger partial charge in [0, 0.05) is 11.3 Å². The molecule has 1 aliphatic rings. The molecular formula is C18H22N4O. The quantitative estimate of drug-likeness (QED) is 0.700. The second-order valence-corrected chi connectivity index (χ2v) is 6.04. The van der Waals surface area contributed by atoms with E-state index in [1.807, 2.05) is 26.0 Å². The number of benzene rings is 1. The minimum atomic E-state index is -0.148. The van der Waals surface area contributed by atoms with E-state index in [0.29, 0.717) is 0 Å². The predicted molar refractivity (Wildman–Crippen MR) is 90.4 cm³/mol. The summed E-state index contributed by atoms with van der Waals surface area (Å²) in [6.45, 7) is 4.06. The summed E-state index contributed by atoms with van der Waals surface area (Å²) in [7, 11) is 0. The molecule has 0 aliphatic heterocycles. The molecule has 1 heterocycles. The van der Waals surface area contributed by atoms with E-state index < -0.39 is 0 Å². The Balaban J connectivity index is 1.72. The van der Waals surface area contributed by atoms with Gasteiger partial charge in [0.05, 0.1) is 11.4 Å². The van der Waals surface area contributed by atoms with Gasteiger partial charge in [0.15, 0.2) is 0 Å². The molecule has 5 nitrogen and oxygen atoms in total. The number of carbonyl (C=O) groups is 1. The van der Waals surface area contributed by atoms with E-state index in [-0.39, 0.29) is 12.5 Å². The molecule has 0 atom stereocenters. The third-order valence-corrected chi connectivity index (χ3v) is 4.15. The van der Waals surface area contributed by atoms with Gasteiger partial charge in [-0.25, -0.2) is 5.43 Å². The van der Waals surface area contributed by atoms with E-state index in [9.17, 15) is 4.79 Å². The first-order valence-corrected chi connectivity index (χ1v) is 8.08. The summed E-state index contributed by atoms with van der Waals surface area (Å²) in [4.78, 5) is 12.1. The van der Waals surface area contributed by atoms with Crippen LogP contribution in [0.5, 0.6) is 0 Å². The van der Waals surface area contributed by atoms with Crippen LogP contribution in [-0.4, -0.2) is 21.4 Å². The molecule has 1 aromatic carbocycles. The van der Waals surface area contributed by atoms with Gasteiger partial charge in [0.2, 0.25) is 0 Å². The zero-order valence-corrected chi connectivity index (χ0v) is 13.7. The molecule has 23 heavy (non-hydrogen) atoms. The van der Waals surface area contributed by atoms with Crippen molar-refractivity contribution < 1.29 is 4.79 Å². The monoisotopic (exact) mass is 310 g/mol. The summed E-state index contributed by atoms with van der Waals surface area (Å²) in [6, 6.07) is 10.3. The standard InChI is InChI=1S/C18H22N4O/c1-13-11-14(2)22(21-13)12-18(23)20-19-17-10-6-4-8-15-7-3-5-9-16(15)17/h3,5,7,9,11H,4,6,8,10,12H2,1-2H3,(H,20,23)/b19-17-. The van der Waals surface area contributed by atoms with Crippen LogP contribution in [0, 0.1) is 13.8 Å². The third-order valence-electron chi connectivity index (χ3n) is 4.15. The van der Waals surface area contributed by atoms with Gasteiger partial charge in [-0.05, 0) is 51.2 Å². The first-order valence-electron chi connectivity index (χ1n) is 8.08. The second kappa shape index (κ2) is 6.77. The Kier molecular flexibility index (Phi) is 4.55. The molecule has 0 fully saturated rings. The number of carbonyl (C=O) groups excluding carboxylic acids is 1. The smallest absolute Gasteiger partial charge is 0.261 e. The van der Waals surface area contributed by atoms with Gasteiger partial charge >= 0.3 is 0 Å². The Morgan fingerprint density at radius 1 is 1.26 bits per heavy atom. The Morgan fingerprint density at radius 2 is 2.04 bits per heavy atom. The van der Waals surface area contributed by atoms with Gasteiger partial charge in [0.1, 0.15) is 6.54 Å². The molecule has 0 unspecified atom stereocenters. The summed E-state index contributed by atoms with van der Waals surface area (Å²) in [5, 5.41) is 8.70. The van der Waals surface area contributed by atoms with Crippen molar-refractivity contribution in [2.75, 3.05) is 0 Å². The van der Waals surface area contributed by atoms with E-state index >= 15 is 0 Å². The Labute approximate surface area is 136 Å². The minimum Gasteiger partial charge on any atom is -0.271 e. The topological polar surface area (TPSA) is 59.3 Å². The number of aromatic nitrogens is 2. The average molecular weight is 310 g/mol. The molecule has 5 heteroatoms. The van der Waals surface area contributed by atoms with Crippen molar-refractivity contribution in [3.05, 3.63) is 52.8 Å². The SMILES string of the molecule is Cc1cc(C)n(CC(=O)N/N=C2/CCCCc3ccccc32)n1. The van der Waals surface area contributed by atoms with E-state index in [4.69, 9.17) is 0 Å². The van der Waals surface area contributed by atoms with Crippen LogP contribution in [0.25, 0.3) is 0 Å². The first kappa shape index (κ1) is 15.5. The molecular weight excluding hydrogens is 288 g/mol. The number of amides is 1. The lowest BCUT2D eigenvalue weighted by molar-refractivity contribution is -0.121. The van der Waals surface area contributed by atoms with E-state index in [1.54, 1.807) is 4.68 Å². The van der Waals surface area contributed by atoms with Gasteiger partial charge in [0.25, 0.3) is 5.91 Å². The Morgan fingerprint density at radius 3 is 2.83 bits per heavy atom. The summed E-state index contributed by atoms with van der Waals surface area (Å²) < 4.78 is 1.70. The molecule has 1 aliphatic carbocycles. The van der Waals surface area contributed by atoms with Crippen LogP contribution in [0.2, 0.25) is 0 Å². The van der Waals surface area contributed by atoms with Gasteiger partial charge in [-0.1, -0.05) is 24.3 Å². The lowest BCUT2D eigenvalue weighted by Gasteiger charge is -2.08. The number of nitrogens with one attached hydrogen (secondary N) is 1. The molecule has 0 saturated carbocycles. The van der Waals surface area contributed by atoms with Crippen molar-refractivity contribution in [1.82, 2.24) is 15.2 Å². The summed E-state index contributed by atoms with van der Waals surface area (Å²) in [6.07, 6.45) is 4.24. The maximum atomic E-state index is 12.1. The lowest BCUT2D eigenvalue weighted by atomic mass is 10.0. The highest BCUT2D eigenvalue weighted by molar-refractivity contribution is 6.02. The zero-order chi connectivity index (χ0) is 16.2. The van der Waals surface area contributed by atoms with Crippen molar-refractivity contribution >= 4 is 11.6 Å².